The highest BCUT2D eigenvalue weighted by atomic mass is 19.1. The Morgan fingerprint density at radius 2 is 1.95 bits per heavy atom. The van der Waals surface area contributed by atoms with Gasteiger partial charge in [0, 0.05) is 29.5 Å². The minimum Gasteiger partial charge on any atom is -0.497 e. The molecule has 0 bridgehead atoms. The van der Waals surface area contributed by atoms with Crippen molar-refractivity contribution in [1.82, 2.24) is 0 Å². The second kappa shape index (κ2) is 5.20. The predicted molar refractivity (Wildman–Crippen MR) is 76.7 cm³/mol. The molecule has 108 valence electrons. The van der Waals surface area contributed by atoms with Gasteiger partial charge in [0.1, 0.15) is 17.3 Å². The molecule has 0 N–H and O–H groups in total. The van der Waals surface area contributed by atoms with Crippen LogP contribution in [-0.4, -0.2) is 20.0 Å². The lowest BCUT2D eigenvalue weighted by Crippen LogP contribution is -2.00. The Kier molecular flexibility index (Phi) is 3.37. The Labute approximate surface area is 122 Å². The summed E-state index contributed by atoms with van der Waals surface area (Å²) in [5, 5.41) is 0. The molecule has 3 nitrogen and oxygen atoms in total. The highest BCUT2D eigenvalue weighted by Crippen LogP contribution is 2.45. The van der Waals surface area contributed by atoms with E-state index >= 15 is 0 Å². The number of ether oxygens (including phenoxy) is 2. The fraction of sp³-hybridized carbons (Fsp3) is 0.235. The third-order valence-corrected chi connectivity index (χ3v) is 3.86. The van der Waals surface area contributed by atoms with Crippen LogP contribution < -0.4 is 9.47 Å². The quantitative estimate of drug-likeness (QED) is 0.865. The van der Waals surface area contributed by atoms with Crippen molar-refractivity contribution in [2.75, 3.05) is 14.2 Å². The lowest BCUT2D eigenvalue weighted by atomic mass is 9.92. The van der Waals surface area contributed by atoms with E-state index in [1.165, 1.54) is 12.1 Å². The van der Waals surface area contributed by atoms with Crippen molar-refractivity contribution in [2.45, 2.75) is 12.3 Å². The van der Waals surface area contributed by atoms with Gasteiger partial charge in [0.25, 0.3) is 0 Å². The van der Waals surface area contributed by atoms with E-state index in [1.54, 1.807) is 32.4 Å². The van der Waals surface area contributed by atoms with Gasteiger partial charge in [-0.2, -0.15) is 0 Å². The van der Waals surface area contributed by atoms with Gasteiger partial charge in [-0.1, -0.05) is 12.1 Å². The molecule has 0 saturated heterocycles. The Hall–Kier alpha value is -2.36. The standard InChI is InChI=1S/C17H15FO3/c1-20-12-7-14-15(19)9-13(17(14)16(8-12)21-2)10-4-3-5-11(18)6-10/h3-8,13H,9H2,1-2H3/t13-/m0/s1. The Bertz CT molecular complexity index is 709. The molecule has 0 saturated carbocycles. The lowest BCUT2D eigenvalue weighted by Gasteiger charge is -2.16. The van der Waals surface area contributed by atoms with Crippen LogP contribution in [-0.2, 0) is 0 Å². The van der Waals surface area contributed by atoms with Gasteiger partial charge in [-0.3, -0.25) is 4.79 Å². The zero-order valence-corrected chi connectivity index (χ0v) is 11.9. The summed E-state index contributed by atoms with van der Waals surface area (Å²) in [6, 6.07) is 9.83. The van der Waals surface area contributed by atoms with Crippen molar-refractivity contribution in [1.29, 1.82) is 0 Å². The minimum absolute atomic E-state index is 0.0245. The molecule has 0 radical (unpaired) electrons. The van der Waals surface area contributed by atoms with Crippen LogP contribution in [0.5, 0.6) is 11.5 Å². The first-order valence-corrected chi connectivity index (χ1v) is 6.68. The van der Waals surface area contributed by atoms with Crippen molar-refractivity contribution < 1.29 is 18.7 Å². The van der Waals surface area contributed by atoms with Crippen LogP contribution >= 0.6 is 0 Å². The molecule has 3 rings (SSSR count). The molecule has 0 amide bonds. The van der Waals surface area contributed by atoms with Gasteiger partial charge >= 0.3 is 0 Å². The first kappa shape index (κ1) is 13.6. The van der Waals surface area contributed by atoms with Crippen LogP contribution in [0.3, 0.4) is 0 Å². The zero-order valence-electron chi connectivity index (χ0n) is 11.9. The molecular formula is C17H15FO3. The van der Waals surface area contributed by atoms with Crippen molar-refractivity contribution in [3.8, 4) is 11.5 Å². The van der Waals surface area contributed by atoms with Crippen LogP contribution in [0.2, 0.25) is 0 Å². The molecule has 1 aliphatic rings. The average Bonchev–Trinajstić information content (AvgIpc) is 2.83. The van der Waals surface area contributed by atoms with Gasteiger partial charge in [-0.15, -0.1) is 0 Å². The number of benzene rings is 2. The molecule has 0 fully saturated rings. The maximum Gasteiger partial charge on any atom is 0.164 e. The smallest absolute Gasteiger partial charge is 0.164 e. The number of carbonyl (C=O) groups is 1. The number of halogens is 1. The van der Waals surface area contributed by atoms with Crippen LogP contribution in [0.25, 0.3) is 0 Å². The summed E-state index contributed by atoms with van der Waals surface area (Å²) in [7, 11) is 3.10. The summed E-state index contributed by atoms with van der Waals surface area (Å²) < 4.78 is 24.1. The number of Topliss-reactive ketones (excluding diaryl/α,β-unsaturated/α-hetero) is 1. The number of methoxy groups -OCH3 is 2. The third kappa shape index (κ3) is 2.27. The molecule has 2 aromatic rings. The van der Waals surface area contributed by atoms with Crippen LogP contribution in [0.15, 0.2) is 36.4 Å². The highest BCUT2D eigenvalue weighted by molar-refractivity contribution is 6.03. The summed E-state index contributed by atoms with van der Waals surface area (Å²) in [6.07, 6.45) is 0.322. The van der Waals surface area contributed by atoms with E-state index in [4.69, 9.17) is 9.47 Å². The number of fused-ring (bicyclic) bond motifs is 1. The van der Waals surface area contributed by atoms with E-state index in [0.717, 1.165) is 11.1 Å². The van der Waals surface area contributed by atoms with Gasteiger partial charge in [-0.05, 0) is 23.8 Å². The van der Waals surface area contributed by atoms with E-state index in [-0.39, 0.29) is 17.5 Å². The average molecular weight is 286 g/mol. The molecule has 21 heavy (non-hydrogen) atoms. The van der Waals surface area contributed by atoms with E-state index in [9.17, 15) is 9.18 Å². The molecule has 4 heteroatoms. The van der Waals surface area contributed by atoms with Gasteiger partial charge in [0.05, 0.1) is 14.2 Å². The van der Waals surface area contributed by atoms with Crippen LogP contribution in [0.1, 0.15) is 33.8 Å². The monoisotopic (exact) mass is 286 g/mol. The molecule has 0 unspecified atom stereocenters. The van der Waals surface area contributed by atoms with E-state index in [1.807, 2.05) is 6.07 Å². The number of ketones is 1. The van der Waals surface area contributed by atoms with E-state index in [0.29, 0.717) is 23.5 Å². The van der Waals surface area contributed by atoms with Crippen molar-refractivity contribution in [2.24, 2.45) is 0 Å². The maximum atomic E-state index is 13.5. The number of hydrogen-bond acceptors (Lipinski definition) is 3. The molecule has 1 aliphatic carbocycles. The zero-order chi connectivity index (χ0) is 15.0. The Morgan fingerprint density at radius 1 is 1.14 bits per heavy atom. The fourth-order valence-corrected chi connectivity index (χ4v) is 2.88. The topological polar surface area (TPSA) is 35.5 Å². The van der Waals surface area contributed by atoms with Gasteiger partial charge < -0.3 is 9.47 Å². The largest absolute Gasteiger partial charge is 0.497 e. The molecule has 0 heterocycles. The molecule has 2 aromatic carbocycles. The fourth-order valence-electron chi connectivity index (χ4n) is 2.88. The summed E-state index contributed by atoms with van der Waals surface area (Å²) >= 11 is 0. The molecule has 0 spiro atoms. The van der Waals surface area contributed by atoms with Gasteiger partial charge in [0.15, 0.2) is 5.78 Å². The summed E-state index contributed by atoms with van der Waals surface area (Å²) in [6.45, 7) is 0. The summed E-state index contributed by atoms with van der Waals surface area (Å²) in [5.74, 6) is 0.727. The lowest BCUT2D eigenvalue weighted by molar-refractivity contribution is 0.0991. The summed E-state index contributed by atoms with van der Waals surface area (Å²) in [4.78, 5) is 12.3. The number of carbonyl (C=O) groups excluding carboxylic acids is 1. The maximum absolute atomic E-state index is 13.5. The molecule has 0 aromatic heterocycles. The van der Waals surface area contributed by atoms with Crippen molar-refractivity contribution >= 4 is 5.78 Å². The first-order valence-electron chi connectivity index (χ1n) is 6.68. The van der Waals surface area contributed by atoms with Crippen molar-refractivity contribution in [3.05, 3.63) is 58.9 Å². The first-order chi connectivity index (χ1) is 10.1. The third-order valence-electron chi connectivity index (χ3n) is 3.86. The molecule has 0 aliphatic heterocycles. The Morgan fingerprint density at radius 3 is 2.62 bits per heavy atom. The predicted octanol–water partition coefficient (Wildman–Crippen LogP) is 3.56. The van der Waals surface area contributed by atoms with Gasteiger partial charge in [0.2, 0.25) is 0 Å². The second-order valence-electron chi connectivity index (χ2n) is 5.03. The molecular weight excluding hydrogens is 271 g/mol. The molecule has 1 atom stereocenters. The second-order valence-corrected chi connectivity index (χ2v) is 5.03. The normalized spacial score (nSPS) is 16.7. The number of rotatable bonds is 3. The van der Waals surface area contributed by atoms with Crippen molar-refractivity contribution in [3.63, 3.8) is 0 Å². The van der Waals surface area contributed by atoms with E-state index in [2.05, 4.69) is 0 Å². The summed E-state index contributed by atoms with van der Waals surface area (Å²) in [5.41, 5.74) is 2.19. The minimum atomic E-state index is -0.305. The van der Waals surface area contributed by atoms with Crippen LogP contribution in [0, 0.1) is 5.82 Å². The number of hydrogen-bond donors (Lipinski definition) is 0. The Balaban J connectivity index is 2.17. The van der Waals surface area contributed by atoms with E-state index < -0.39 is 0 Å². The SMILES string of the molecule is COc1cc(OC)c2c(c1)C(=O)C[C@H]2c1cccc(F)c1. The van der Waals surface area contributed by atoms with Gasteiger partial charge in [-0.25, -0.2) is 4.39 Å². The van der Waals surface area contributed by atoms with Crippen LogP contribution in [0.4, 0.5) is 4.39 Å². The highest BCUT2D eigenvalue weighted by Gasteiger charge is 2.34.